The summed E-state index contributed by atoms with van der Waals surface area (Å²) in [6.45, 7) is 0. The predicted molar refractivity (Wildman–Crippen MR) is 69.0 cm³/mol. The fourth-order valence-electron chi connectivity index (χ4n) is 1.29. The van der Waals surface area contributed by atoms with Gasteiger partial charge in [0.2, 0.25) is 11.8 Å². The molecule has 1 aromatic carbocycles. The molecular formula is C12H13N3O5. The third-order valence-electron chi connectivity index (χ3n) is 2.25. The van der Waals surface area contributed by atoms with Crippen LogP contribution in [0, 0.1) is 0 Å². The lowest BCUT2D eigenvalue weighted by atomic mass is 10.2. The summed E-state index contributed by atoms with van der Waals surface area (Å²) >= 11 is 0. The van der Waals surface area contributed by atoms with Crippen molar-refractivity contribution in [2.75, 3.05) is 5.32 Å². The van der Waals surface area contributed by atoms with Crippen molar-refractivity contribution in [3.05, 3.63) is 29.8 Å². The van der Waals surface area contributed by atoms with Crippen LogP contribution in [0.1, 0.15) is 23.2 Å². The Labute approximate surface area is 114 Å². The van der Waals surface area contributed by atoms with Gasteiger partial charge in [-0.05, 0) is 24.3 Å². The molecule has 20 heavy (non-hydrogen) atoms. The summed E-state index contributed by atoms with van der Waals surface area (Å²) in [7, 11) is 0. The second-order valence-corrected chi connectivity index (χ2v) is 3.84. The van der Waals surface area contributed by atoms with Crippen LogP contribution in [0.25, 0.3) is 0 Å². The van der Waals surface area contributed by atoms with Crippen molar-refractivity contribution in [2.45, 2.75) is 12.8 Å². The van der Waals surface area contributed by atoms with Gasteiger partial charge in [-0.3, -0.25) is 19.7 Å². The zero-order valence-corrected chi connectivity index (χ0v) is 10.4. The minimum Gasteiger partial charge on any atom is -0.481 e. The minimum atomic E-state index is -1.12. The van der Waals surface area contributed by atoms with E-state index in [0.717, 1.165) is 0 Å². The second-order valence-electron chi connectivity index (χ2n) is 3.84. The normalized spacial score (nSPS) is 9.60. The van der Waals surface area contributed by atoms with Gasteiger partial charge in [0, 0.05) is 17.7 Å². The zero-order chi connectivity index (χ0) is 15.1. The molecule has 8 heteroatoms. The van der Waals surface area contributed by atoms with E-state index in [1.54, 1.807) is 0 Å². The number of aliphatic carboxylic acids is 1. The topological polar surface area (TPSA) is 139 Å². The van der Waals surface area contributed by atoms with Crippen molar-refractivity contribution in [1.82, 2.24) is 5.32 Å². The lowest BCUT2D eigenvalue weighted by Crippen LogP contribution is -2.34. The van der Waals surface area contributed by atoms with Gasteiger partial charge in [0.05, 0.1) is 6.42 Å². The molecule has 1 rings (SSSR count). The summed E-state index contributed by atoms with van der Waals surface area (Å²) in [4.78, 5) is 43.7. The van der Waals surface area contributed by atoms with E-state index in [1.165, 1.54) is 24.3 Å². The number of imide groups is 1. The lowest BCUT2D eigenvalue weighted by molar-refractivity contribution is -0.138. The molecule has 0 aliphatic carbocycles. The van der Waals surface area contributed by atoms with Gasteiger partial charge >= 0.3 is 12.0 Å². The Hall–Kier alpha value is -2.90. The van der Waals surface area contributed by atoms with Crippen LogP contribution in [0.15, 0.2) is 24.3 Å². The molecular weight excluding hydrogens is 266 g/mol. The number of benzene rings is 1. The summed E-state index contributed by atoms with van der Waals surface area (Å²) in [5, 5.41) is 12.7. The smallest absolute Gasteiger partial charge is 0.325 e. The fraction of sp³-hybridized carbons (Fsp3) is 0.167. The van der Waals surface area contributed by atoms with Gasteiger partial charge in [-0.2, -0.15) is 0 Å². The highest BCUT2D eigenvalue weighted by atomic mass is 16.4. The highest BCUT2D eigenvalue weighted by Gasteiger charge is 2.10. The van der Waals surface area contributed by atoms with Gasteiger partial charge in [0.25, 0.3) is 0 Å². The number of amides is 4. The van der Waals surface area contributed by atoms with Gasteiger partial charge < -0.3 is 16.2 Å². The van der Waals surface area contributed by atoms with Crippen molar-refractivity contribution in [3.8, 4) is 0 Å². The Morgan fingerprint density at radius 1 is 1.05 bits per heavy atom. The van der Waals surface area contributed by atoms with E-state index in [0.29, 0.717) is 5.69 Å². The molecule has 4 amide bonds. The zero-order valence-electron chi connectivity index (χ0n) is 10.4. The number of carboxylic acids is 1. The van der Waals surface area contributed by atoms with E-state index in [-0.39, 0.29) is 18.4 Å². The van der Waals surface area contributed by atoms with Crippen LogP contribution in [0.5, 0.6) is 0 Å². The number of primary amides is 1. The number of nitrogens with two attached hydrogens (primary N) is 1. The first-order valence-corrected chi connectivity index (χ1v) is 5.61. The van der Waals surface area contributed by atoms with Crippen LogP contribution in [0.2, 0.25) is 0 Å². The maximum absolute atomic E-state index is 11.4. The van der Waals surface area contributed by atoms with Crippen molar-refractivity contribution in [1.29, 1.82) is 0 Å². The summed E-state index contributed by atoms with van der Waals surface area (Å²) in [6.07, 6.45) is -0.643. The van der Waals surface area contributed by atoms with Crippen molar-refractivity contribution < 1.29 is 24.3 Å². The molecule has 0 aliphatic rings. The molecule has 1 aromatic rings. The van der Waals surface area contributed by atoms with Crippen LogP contribution in [-0.2, 0) is 9.59 Å². The third-order valence-corrected chi connectivity index (χ3v) is 2.25. The highest BCUT2D eigenvalue weighted by Crippen LogP contribution is 2.08. The van der Waals surface area contributed by atoms with Crippen molar-refractivity contribution in [2.24, 2.45) is 5.73 Å². The van der Waals surface area contributed by atoms with E-state index in [1.807, 2.05) is 5.32 Å². The summed E-state index contributed by atoms with van der Waals surface area (Å²) < 4.78 is 0. The van der Waals surface area contributed by atoms with E-state index in [4.69, 9.17) is 10.8 Å². The maximum Gasteiger partial charge on any atom is 0.325 e. The van der Waals surface area contributed by atoms with Gasteiger partial charge in [0.1, 0.15) is 0 Å². The highest BCUT2D eigenvalue weighted by molar-refractivity contribution is 6.02. The van der Waals surface area contributed by atoms with Gasteiger partial charge in [-0.15, -0.1) is 0 Å². The molecule has 8 nitrogen and oxygen atoms in total. The first kappa shape index (κ1) is 15.2. The Morgan fingerprint density at radius 2 is 1.65 bits per heavy atom. The van der Waals surface area contributed by atoms with Crippen LogP contribution in [-0.4, -0.2) is 28.9 Å². The molecule has 0 unspecified atom stereocenters. The molecule has 0 aliphatic heterocycles. The van der Waals surface area contributed by atoms with Gasteiger partial charge in [-0.25, -0.2) is 4.79 Å². The average Bonchev–Trinajstić information content (AvgIpc) is 2.36. The quantitative estimate of drug-likeness (QED) is 0.613. The van der Waals surface area contributed by atoms with Crippen LogP contribution in [0.3, 0.4) is 0 Å². The lowest BCUT2D eigenvalue weighted by Gasteiger charge is -2.06. The SMILES string of the molecule is NC(=O)c1ccc(NC(=O)NC(=O)CCC(=O)O)cc1. The molecule has 0 saturated heterocycles. The Morgan fingerprint density at radius 3 is 2.15 bits per heavy atom. The standard InChI is InChI=1S/C12H13N3O5/c13-11(19)7-1-3-8(4-2-7)14-12(20)15-9(16)5-6-10(17)18/h1-4H,5-6H2,(H2,13,19)(H,17,18)(H2,14,15,16,20). The van der Waals surface area contributed by atoms with Crippen LogP contribution < -0.4 is 16.4 Å². The predicted octanol–water partition coefficient (Wildman–Crippen LogP) is 0.298. The average molecular weight is 279 g/mol. The molecule has 0 aromatic heterocycles. The summed E-state index contributed by atoms with van der Waals surface area (Å²) in [5.74, 6) is -2.41. The number of carbonyl (C=O) groups excluding carboxylic acids is 3. The number of carboxylic acid groups (broad SMARTS) is 1. The van der Waals surface area contributed by atoms with Crippen molar-refractivity contribution in [3.63, 3.8) is 0 Å². The molecule has 0 spiro atoms. The molecule has 0 fully saturated rings. The molecule has 0 heterocycles. The molecule has 106 valence electrons. The third kappa shape index (κ3) is 5.17. The number of hydrogen-bond acceptors (Lipinski definition) is 4. The number of urea groups is 1. The Balaban J connectivity index is 2.47. The number of nitrogens with one attached hydrogen (secondary N) is 2. The largest absolute Gasteiger partial charge is 0.481 e. The van der Waals surface area contributed by atoms with Crippen LogP contribution in [0.4, 0.5) is 10.5 Å². The molecule has 5 N–H and O–H groups in total. The van der Waals surface area contributed by atoms with E-state index in [9.17, 15) is 19.2 Å². The summed E-state index contributed by atoms with van der Waals surface area (Å²) in [6, 6.07) is 4.95. The van der Waals surface area contributed by atoms with Gasteiger partial charge in [0.15, 0.2) is 0 Å². The van der Waals surface area contributed by atoms with Crippen molar-refractivity contribution >= 4 is 29.5 Å². The number of hydrogen-bond donors (Lipinski definition) is 4. The minimum absolute atomic E-state index is 0.286. The second kappa shape index (κ2) is 6.88. The molecule has 0 saturated carbocycles. The Bertz CT molecular complexity index is 539. The van der Waals surface area contributed by atoms with E-state index in [2.05, 4.69) is 5.32 Å². The molecule has 0 bridgehead atoms. The molecule has 0 atom stereocenters. The monoisotopic (exact) mass is 279 g/mol. The van der Waals surface area contributed by atoms with Gasteiger partial charge in [-0.1, -0.05) is 0 Å². The summed E-state index contributed by atoms with van der Waals surface area (Å²) in [5.41, 5.74) is 5.70. The van der Waals surface area contributed by atoms with E-state index < -0.39 is 23.8 Å². The van der Waals surface area contributed by atoms with Crippen LogP contribution >= 0.6 is 0 Å². The maximum atomic E-state index is 11.4. The molecule has 0 radical (unpaired) electrons. The Kier molecular flexibility index (Phi) is 5.21. The number of anilines is 1. The first-order chi connectivity index (χ1) is 9.38. The fourth-order valence-corrected chi connectivity index (χ4v) is 1.29. The van der Waals surface area contributed by atoms with E-state index >= 15 is 0 Å². The number of rotatable bonds is 5. The first-order valence-electron chi connectivity index (χ1n) is 5.61. The number of carbonyl (C=O) groups is 4.